The summed E-state index contributed by atoms with van der Waals surface area (Å²) in [5, 5.41) is 3.01. The monoisotopic (exact) mass is 393 g/mol. The molecule has 0 fully saturated rings. The van der Waals surface area contributed by atoms with Gasteiger partial charge in [0.2, 0.25) is 0 Å². The number of hydrogen-bond donors (Lipinski definition) is 1. The average Bonchev–Trinajstić information content (AvgIpc) is 2.68. The zero-order valence-corrected chi connectivity index (χ0v) is 16.7. The Labute approximate surface area is 166 Å². The number of hydrogen-bond acceptors (Lipinski definition) is 3. The number of nitrogens with one attached hydrogen (secondary N) is 1. The standard InChI is InChI=1S/C23H23NO3S/c1-17(19-12-14-21(15-13-19)28(2,26)27)24-23(25)22-11-7-6-10-20(22)16-18-8-4-3-5-9-18/h3-15,17H,16H2,1-2H3,(H,24,25). The third-order valence-electron chi connectivity index (χ3n) is 4.66. The summed E-state index contributed by atoms with van der Waals surface area (Å²) in [5.74, 6) is -0.147. The molecule has 0 spiro atoms. The van der Waals surface area contributed by atoms with Crippen LogP contribution in [-0.4, -0.2) is 20.6 Å². The molecule has 1 amide bonds. The molecular formula is C23H23NO3S. The second-order valence-electron chi connectivity index (χ2n) is 6.86. The van der Waals surface area contributed by atoms with Crippen molar-refractivity contribution in [3.63, 3.8) is 0 Å². The van der Waals surface area contributed by atoms with Gasteiger partial charge in [-0.15, -0.1) is 0 Å². The van der Waals surface area contributed by atoms with Crippen molar-refractivity contribution in [2.24, 2.45) is 0 Å². The lowest BCUT2D eigenvalue weighted by molar-refractivity contribution is 0.0939. The zero-order valence-electron chi connectivity index (χ0n) is 15.9. The number of rotatable bonds is 6. The highest BCUT2D eigenvalue weighted by molar-refractivity contribution is 7.90. The molecule has 0 bridgehead atoms. The van der Waals surface area contributed by atoms with E-state index in [1.54, 1.807) is 24.3 Å². The maximum atomic E-state index is 12.9. The van der Waals surface area contributed by atoms with Crippen LogP contribution in [0.3, 0.4) is 0 Å². The van der Waals surface area contributed by atoms with Crippen molar-refractivity contribution in [3.05, 3.63) is 101 Å². The van der Waals surface area contributed by atoms with Gasteiger partial charge in [-0.2, -0.15) is 0 Å². The van der Waals surface area contributed by atoms with Crippen LogP contribution in [0, 0.1) is 0 Å². The van der Waals surface area contributed by atoms with Gasteiger partial charge < -0.3 is 5.32 Å². The predicted molar refractivity (Wildman–Crippen MR) is 111 cm³/mol. The number of carbonyl (C=O) groups is 1. The molecule has 144 valence electrons. The van der Waals surface area contributed by atoms with E-state index in [-0.39, 0.29) is 16.8 Å². The van der Waals surface area contributed by atoms with Crippen LogP contribution in [0.2, 0.25) is 0 Å². The van der Waals surface area contributed by atoms with Crippen LogP contribution in [-0.2, 0) is 16.3 Å². The Bertz CT molecular complexity index is 1060. The van der Waals surface area contributed by atoms with Crippen LogP contribution in [0.15, 0.2) is 83.8 Å². The Kier molecular flexibility index (Phi) is 5.95. The van der Waals surface area contributed by atoms with E-state index in [9.17, 15) is 13.2 Å². The molecule has 0 saturated carbocycles. The van der Waals surface area contributed by atoms with E-state index < -0.39 is 9.84 Å². The van der Waals surface area contributed by atoms with Gasteiger partial charge in [0, 0.05) is 11.8 Å². The lowest BCUT2D eigenvalue weighted by Gasteiger charge is -2.16. The molecular weight excluding hydrogens is 370 g/mol. The number of benzene rings is 3. The second-order valence-corrected chi connectivity index (χ2v) is 8.87. The molecule has 0 radical (unpaired) electrons. The van der Waals surface area contributed by atoms with Gasteiger partial charge in [0.25, 0.3) is 5.91 Å². The van der Waals surface area contributed by atoms with Crippen molar-refractivity contribution in [2.45, 2.75) is 24.3 Å². The van der Waals surface area contributed by atoms with E-state index >= 15 is 0 Å². The van der Waals surface area contributed by atoms with Gasteiger partial charge in [0.1, 0.15) is 0 Å². The van der Waals surface area contributed by atoms with E-state index in [1.165, 1.54) is 6.26 Å². The summed E-state index contributed by atoms with van der Waals surface area (Å²) >= 11 is 0. The van der Waals surface area contributed by atoms with Gasteiger partial charge in [-0.05, 0) is 48.2 Å². The molecule has 0 aromatic heterocycles. The Morgan fingerprint density at radius 2 is 1.50 bits per heavy atom. The first-order valence-corrected chi connectivity index (χ1v) is 11.0. The van der Waals surface area contributed by atoms with E-state index in [1.807, 2.05) is 61.5 Å². The first-order valence-electron chi connectivity index (χ1n) is 9.07. The molecule has 1 unspecified atom stereocenters. The highest BCUT2D eigenvalue weighted by Gasteiger charge is 2.15. The van der Waals surface area contributed by atoms with Crippen LogP contribution < -0.4 is 5.32 Å². The summed E-state index contributed by atoms with van der Waals surface area (Å²) < 4.78 is 23.2. The van der Waals surface area contributed by atoms with Crippen LogP contribution in [0.1, 0.15) is 40.0 Å². The molecule has 0 saturated heterocycles. The average molecular weight is 394 g/mol. The molecule has 0 aliphatic heterocycles. The third kappa shape index (κ3) is 4.87. The van der Waals surface area contributed by atoms with Crippen LogP contribution >= 0.6 is 0 Å². The van der Waals surface area contributed by atoms with E-state index in [0.717, 1.165) is 16.7 Å². The normalized spacial score (nSPS) is 12.4. The number of carbonyl (C=O) groups excluding carboxylic acids is 1. The summed E-state index contributed by atoms with van der Waals surface area (Å²) in [6.07, 6.45) is 1.86. The van der Waals surface area contributed by atoms with Gasteiger partial charge >= 0.3 is 0 Å². The van der Waals surface area contributed by atoms with Crippen molar-refractivity contribution >= 4 is 15.7 Å². The molecule has 0 heterocycles. The highest BCUT2D eigenvalue weighted by atomic mass is 32.2. The van der Waals surface area contributed by atoms with Crippen molar-refractivity contribution in [3.8, 4) is 0 Å². The molecule has 3 rings (SSSR count). The fraction of sp³-hybridized carbons (Fsp3) is 0.174. The summed E-state index contributed by atoms with van der Waals surface area (Å²) in [4.78, 5) is 13.1. The van der Waals surface area contributed by atoms with Gasteiger partial charge in [0.05, 0.1) is 10.9 Å². The van der Waals surface area contributed by atoms with Crippen molar-refractivity contribution in [2.75, 3.05) is 6.26 Å². The lowest BCUT2D eigenvalue weighted by Crippen LogP contribution is -2.27. The molecule has 1 atom stereocenters. The molecule has 0 aliphatic carbocycles. The summed E-state index contributed by atoms with van der Waals surface area (Å²) in [5.41, 5.74) is 3.60. The number of amides is 1. The Balaban J connectivity index is 1.76. The minimum absolute atomic E-state index is 0.147. The van der Waals surface area contributed by atoms with Gasteiger partial charge in [0.15, 0.2) is 9.84 Å². The smallest absolute Gasteiger partial charge is 0.252 e. The lowest BCUT2D eigenvalue weighted by atomic mass is 9.99. The highest BCUT2D eigenvalue weighted by Crippen LogP contribution is 2.19. The van der Waals surface area contributed by atoms with E-state index in [0.29, 0.717) is 12.0 Å². The van der Waals surface area contributed by atoms with Crippen molar-refractivity contribution in [1.29, 1.82) is 0 Å². The molecule has 4 nitrogen and oxygen atoms in total. The molecule has 3 aromatic rings. The molecule has 5 heteroatoms. The van der Waals surface area contributed by atoms with Crippen LogP contribution in [0.25, 0.3) is 0 Å². The topological polar surface area (TPSA) is 63.2 Å². The summed E-state index contributed by atoms with van der Waals surface area (Å²) in [7, 11) is -3.23. The van der Waals surface area contributed by atoms with Gasteiger partial charge in [-0.25, -0.2) is 8.42 Å². The molecule has 1 N–H and O–H groups in total. The Morgan fingerprint density at radius 3 is 2.14 bits per heavy atom. The third-order valence-corrected chi connectivity index (χ3v) is 5.78. The van der Waals surface area contributed by atoms with Crippen LogP contribution in [0.5, 0.6) is 0 Å². The first-order chi connectivity index (χ1) is 13.3. The fourth-order valence-corrected chi connectivity index (χ4v) is 3.70. The van der Waals surface area contributed by atoms with Gasteiger partial charge in [-0.3, -0.25) is 4.79 Å². The quantitative estimate of drug-likeness (QED) is 0.684. The summed E-state index contributed by atoms with van der Waals surface area (Å²) in [6.45, 7) is 1.88. The van der Waals surface area contributed by atoms with Crippen molar-refractivity contribution < 1.29 is 13.2 Å². The first kappa shape index (κ1) is 19.8. The largest absolute Gasteiger partial charge is 0.346 e. The molecule has 3 aromatic carbocycles. The minimum atomic E-state index is -3.23. The zero-order chi connectivity index (χ0) is 20.1. The molecule has 28 heavy (non-hydrogen) atoms. The van der Waals surface area contributed by atoms with E-state index in [2.05, 4.69) is 5.32 Å². The van der Waals surface area contributed by atoms with Crippen LogP contribution in [0.4, 0.5) is 0 Å². The van der Waals surface area contributed by atoms with Gasteiger partial charge in [-0.1, -0.05) is 60.7 Å². The molecule has 0 aliphatic rings. The maximum Gasteiger partial charge on any atom is 0.252 e. The Hall–Kier alpha value is -2.92. The minimum Gasteiger partial charge on any atom is -0.346 e. The SMILES string of the molecule is CC(NC(=O)c1ccccc1Cc1ccccc1)c1ccc(S(C)(=O)=O)cc1. The summed E-state index contributed by atoms with van der Waals surface area (Å²) in [6, 6.07) is 24.0. The fourth-order valence-electron chi connectivity index (χ4n) is 3.07. The predicted octanol–water partition coefficient (Wildman–Crippen LogP) is 4.17. The maximum absolute atomic E-state index is 12.9. The number of sulfone groups is 1. The van der Waals surface area contributed by atoms with E-state index in [4.69, 9.17) is 0 Å². The Morgan fingerprint density at radius 1 is 0.893 bits per heavy atom. The second kappa shape index (κ2) is 8.40. The van der Waals surface area contributed by atoms with Crippen molar-refractivity contribution in [1.82, 2.24) is 5.32 Å².